The number of rotatable bonds is 5. The number of nitrogens with one attached hydrogen (secondary N) is 1. The predicted molar refractivity (Wildman–Crippen MR) is 86.0 cm³/mol. The van der Waals surface area contributed by atoms with Crippen molar-refractivity contribution in [2.24, 2.45) is 0 Å². The average molecular weight is 292 g/mol. The van der Waals surface area contributed by atoms with Crippen LogP contribution >= 0.6 is 11.8 Å². The zero-order valence-electron chi connectivity index (χ0n) is 12.3. The molecule has 2 rings (SSSR count). The number of hydrogen-bond donors (Lipinski definition) is 1. The van der Waals surface area contributed by atoms with Crippen LogP contribution < -0.4 is 5.32 Å². The normalized spacial score (nSPS) is 22.8. The van der Waals surface area contributed by atoms with E-state index in [2.05, 4.69) is 41.4 Å². The molecule has 2 unspecified atom stereocenters. The minimum atomic E-state index is 0.219. The van der Waals surface area contributed by atoms with Gasteiger partial charge < -0.3 is 10.2 Å². The van der Waals surface area contributed by atoms with Gasteiger partial charge >= 0.3 is 0 Å². The van der Waals surface area contributed by atoms with E-state index in [1.165, 1.54) is 5.56 Å². The summed E-state index contributed by atoms with van der Waals surface area (Å²) in [4.78, 5) is 14.6. The van der Waals surface area contributed by atoms with Gasteiger partial charge in [-0.2, -0.15) is 11.8 Å². The van der Waals surface area contributed by atoms with Crippen molar-refractivity contribution < 1.29 is 4.79 Å². The highest BCUT2D eigenvalue weighted by Gasteiger charge is 2.32. The number of benzene rings is 1. The largest absolute Gasteiger partial charge is 0.334 e. The fourth-order valence-corrected chi connectivity index (χ4v) is 3.92. The van der Waals surface area contributed by atoms with Gasteiger partial charge in [-0.1, -0.05) is 37.3 Å². The van der Waals surface area contributed by atoms with Crippen molar-refractivity contribution in [3.8, 4) is 0 Å². The second-order valence-electron chi connectivity index (χ2n) is 5.23. The molecule has 1 aliphatic heterocycles. The topological polar surface area (TPSA) is 32.3 Å². The smallest absolute Gasteiger partial charge is 0.223 e. The molecule has 1 amide bonds. The molecule has 0 saturated carbocycles. The Labute approximate surface area is 126 Å². The first kappa shape index (κ1) is 15.4. The lowest BCUT2D eigenvalue weighted by Gasteiger charge is -2.40. The van der Waals surface area contributed by atoms with Crippen molar-refractivity contribution in [2.45, 2.75) is 31.1 Å². The van der Waals surface area contributed by atoms with Crippen molar-refractivity contribution in [1.82, 2.24) is 10.2 Å². The van der Waals surface area contributed by atoms with Crippen molar-refractivity contribution in [2.75, 3.05) is 25.9 Å². The van der Waals surface area contributed by atoms with Gasteiger partial charge in [-0.15, -0.1) is 0 Å². The summed E-state index contributed by atoms with van der Waals surface area (Å²) in [6.45, 7) is 4.00. The van der Waals surface area contributed by atoms with Crippen LogP contribution in [0, 0.1) is 0 Å². The van der Waals surface area contributed by atoms with E-state index in [9.17, 15) is 4.79 Å². The van der Waals surface area contributed by atoms with Crippen LogP contribution in [0.4, 0.5) is 0 Å². The summed E-state index contributed by atoms with van der Waals surface area (Å²) in [5.41, 5.74) is 1.26. The van der Waals surface area contributed by atoms with E-state index >= 15 is 0 Å². The average Bonchev–Trinajstić information content (AvgIpc) is 2.48. The summed E-state index contributed by atoms with van der Waals surface area (Å²) in [6, 6.07) is 10.7. The van der Waals surface area contributed by atoms with E-state index in [1.54, 1.807) is 0 Å². The molecule has 4 heteroatoms. The van der Waals surface area contributed by atoms with Crippen molar-refractivity contribution >= 4 is 17.7 Å². The summed E-state index contributed by atoms with van der Waals surface area (Å²) in [7, 11) is 1.93. The van der Waals surface area contributed by atoms with Gasteiger partial charge in [-0.25, -0.2) is 0 Å². The molecule has 0 aromatic heterocycles. The molecular weight excluding hydrogens is 268 g/mol. The standard InChI is InChI=1S/C16H24N2OS/c1-13-16(14-7-4-3-5-8-14)18(11-12-20-13)15(19)9-6-10-17-2/h3-5,7-8,13,16-17H,6,9-12H2,1-2H3. The van der Waals surface area contributed by atoms with E-state index in [0.717, 1.165) is 25.3 Å². The molecule has 2 atom stereocenters. The molecule has 110 valence electrons. The Morgan fingerprint density at radius 2 is 2.15 bits per heavy atom. The Morgan fingerprint density at radius 1 is 1.40 bits per heavy atom. The molecule has 1 heterocycles. The molecule has 1 fully saturated rings. The molecule has 1 saturated heterocycles. The van der Waals surface area contributed by atoms with E-state index in [4.69, 9.17) is 0 Å². The first-order chi connectivity index (χ1) is 9.74. The summed E-state index contributed by atoms with van der Waals surface area (Å²) in [5, 5.41) is 3.56. The van der Waals surface area contributed by atoms with Gasteiger partial charge in [-0.05, 0) is 25.6 Å². The SMILES string of the molecule is CNCCCC(=O)N1CCSC(C)C1c1ccccc1. The molecule has 20 heavy (non-hydrogen) atoms. The minimum Gasteiger partial charge on any atom is -0.334 e. The lowest BCUT2D eigenvalue weighted by molar-refractivity contribution is -0.133. The first-order valence-electron chi connectivity index (χ1n) is 7.34. The zero-order valence-corrected chi connectivity index (χ0v) is 13.2. The van der Waals surface area contributed by atoms with Gasteiger partial charge in [0.05, 0.1) is 6.04 Å². The summed E-state index contributed by atoms with van der Waals surface area (Å²) < 4.78 is 0. The summed E-state index contributed by atoms with van der Waals surface area (Å²) >= 11 is 1.96. The molecule has 1 aromatic carbocycles. The van der Waals surface area contributed by atoms with E-state index < -0.39 is 0 Å². The van der Waals surface area contributed by atoms with Crippen molar-refractivity contribution in [3.63, 3.8) is 0 Å². The fourth-order valence-electron chi connectivity index (χ4n) is 2.76. The monoisotopic (exact) mass is 292 g/mol. The quantitative estimate of drug-likeness (QED) is 0.847. The Kier molecular flexibility index (Phi) is 5.92. The number of hydrogen-bond acceptors (Lipinski definition) is 3. The Bertz CT molecular complexity index is 424. The maximum absolute atomic E-state index is 12.5. The molecule has 0 radical (unpaired) electrons. The maximum atomic E-state index is 12.5. The second-order valence-corrected chi connectivity index (χ2v) is 6.71. The number of carbonyl (C=O) groups excluding carboxylic acids is 1. The highest BCUT2D eigenvalue weighted by molar-refractivity contribution is 8.00. The van der Waals surface area contributed by atoms with Gasteiger partial charge in [0.1, 0.15) is 0 Å². The zero-order chi connectivity index (χ0) is 14.4. The molecule has 0 spiro atoms. The fraction of sp³-hybridized carbons (Fsp3) is 0.562. The molecule has 3 nitrogen and oxygen atoms in total. The second kappa shape index (κ2) is 7.70. The highest BCUT2D eigenvalue weighted by Crippen LogP contribution is 2.36. The van der Waals surface area contributed by atoms with Gasteiger partial charge in [0.15, 0.2) is 0 Å². The Morgan fingerprint density at radius 3 is 2.85 bits per heavy atom. The lowest BCUT2D eigenvalue weighted by atomic mass is 10.0. The van der Waals surface area contributed by atoms with Gasteiger partial charge in [0.25, 0.3) is 0 Å². The van der Waals surface area contributed by atoms with Crippen LogP contribution in [0.5, 0.6) is 0 Å². The van der Waals surface area contributed by atoms with Gasteiger partial charge in [0.2, 0.25) is 5.91 Å². The van der Waals surface area contributed by atoms with Crippen LogP contribution in [0.3, 0.4) is 0 Å². The lowest BCUT2D eigenvalue weighted by Crippen LogP contribution is -2.44. The number of amides is 1. The van der Waals surface area contributed by atoms with Crippen LogP contribution in [0.1, 0.15) is 31.4 Å². The third-order valence-electron chi connectivity index (χ3n) is 3.77. The molecular formula is C16H24N2OS. The molecule has 0 bridgehead atoms. The first-order valence-corrected chi connectivity index (χ1v) is 8.39. The van der Waals surface area contributed by atoms with E-state index in [0.29, 0.717) is 17.6 Å². The predicted octanol–water partition coefficient (Wildman–Crippen LogP) is 2.69. The third kappa shape index (κ3) is 3.76. The summed E-state index contributed by atoms with van der Waals surface area (Å²) in [6.07, 6.45) is 1.55. The minimum absolute atomic E-state index is 0.219. The molecule has 1 N–H and O–H groups in total. The van der Waals surface area contributed by atoms with Crippen LogP contribution in [0.15, 0.2) is 30.3 Å². The number of thioether (sulfide) groups is 1. The van der Waals surface area contributed by atoms with Crippen molar-refractivity contribution in [3.05, 3.63) is 35.9 Å². The Balaban J connectivity index is 2.10. The van der Waals surface area contributed by atoms with Crippen molar-refractivity contribution in [1.29, 1.82) is 0 Å². The summed E-state index contributed by atoms with van der Waals surface area (Å²) in [5.74, 6) is 1.34. The van der Waals surface area contributed by atoms with Crippen LogP contribution in [-0.2, 0) is 4.79 Å². The van der Waals surface area contributed by atoms with Gasteiger partial charge in [-0.3, -0.25) is 4.79 Å². The Hall–Kier alpha value is -1.00. The number of carbonyl (C=O) groups is 1. The molecule has 0 aliphatic carbocycles. The van der Waals surface area contributed by atoms with Crippen LogP contribution in [0.2, 0.25) is 0 Å². The van der Waals surface area contributed by atoms with Crippen LogP contribution in [-0.4, -0.2) is 41.9 Å². The maximum Gasteiger partial charge on any atom is 0.223 e. The van der Waals surface area contributed by atoms with Gasteiger partial charge in [0, 0.05) is 24.0 Å². The third-order valence-corrected chi connectivity index (χ3v) is 4.97. The number of nitrogens with zero attached hydrogens (tertiary/aromatic N) is 1. The molecule has 1 aliphatic rings. The highest BCUT2D eigenvalue weighted by atomic mass is 32.2. The molecule has 1 aromatic rings. The van der Waals surface area contributed by atoms with E-state index in [1.807, 2.05) is 24.9 Å². The van der Waals surface area contributed by atoms with E-state index in [-0.39, 0.29) is 6.04 Å². The van der Waals surface area contributed by atoms with Crippen LogP contribution in [0.25, 0.3) is 0 Å².